The molecular formula is C10H18N+. The Morgan fingerprint density at radius 3 is 2.36 bits per heavy atom. The van der Waals surface area contributed by atoms with Crippen molar-refractivity contribution in [3.63, 3.8) is 0 Å². The Kier molecular flexibility index (Phi) is 2.25. The van der Waals surface area contributed by atoms with Gasteiger partial charge in [0.2, 0.25) is 0 Å². The first-order valence-corrected chi connectivity index (χ1v) is 4.34. The molecule has 0 aromatic carbocycles. The highest BCUT2D eigenvalue weighted by molar-refractivity contribution is 4.86. The van der Waals surface area contributed by atoms with E-state index in [9.17, 15) is 0 Å². The van der Waals surface area contributed by atoms with Crippen molar-refractivity contribution in [2.24, 2.45) is 5.92 Å². The smallest absolute Gasteiger partial charge is 0.140 e. The number of terminal acetylenes is 1. The van der Waals surface area contributed by atoms with Crippen LogP contribution < -0.4 is 0 Å². The normalized spacial score (nSPS) is 30.7. The van der Waals surface area contributed by atoms with E-state index in [0.29, 0.717) is 0 Å². The molecule has 11 heavy (non-hydrogen) atoms. The average Bonchev–Trinajstić information content (AvgIpc) is 1.83. The largest absolute Gasteiger partial charge is 0.316 e. The maximum Gasteiger partial charge on any atom is 0.140 e. The van der Waals surface area contributed by atoms with E-state index < -0.39 is 0 Å². The standard InChI is InChI=1S/C10H18N/c1-5-8-11(3,4)10-7-6-9(10)2/h1,9-10H,6-8H2,2-4H3/q+1/t9-,10?/m0/s1. The maximum atomic E-state index is 5.31. The van der Waals surface area contributed by atoms with Crippen LogP contribution in [0.3, 0.4) is 0 Å². The van der Waals surface area contributed by atoms with Gasteiger partial charge in [-0.2, -0.15) is 0 Å². The molecule has 0 heterocycles. The highest BCUT2D eigenvalue weighted by Gasteiger charge is 2.39. The molecule has 0 amide bonds. The topological polar surface area (TPSA) is 0 Å². The van der Waals surface area contributed by atoms with Crippen LogP contribution in [-0.4, -0.2) is 31.2 Å². The van der Waals surface area contributed by atoms with Crippen LogP contribution in [0.25, 0.3) is 0 Å². The lowest BCUT2D eigenvalue weighted by Gasteiger charge is -2.46. The highest BCUT2D eigenvalue weighted by atomic mass is 15.3. The summed E-state index contributed by atoms with van der Waals surface area (Å²) in [5.41, 5.74) is 0. The van der Waals surface area contributed by atoms with Crippen molar-refractivity contribution in [1.82, 2.24) is 0 Å². The van der Waals surface area contributed by atoms with E-state index >= 15 is 0 Å². The third-order valence-electron chi connectivity index (χ3n) is 2.97. The molecule has 0 bridgehead atoms. The molecule has 0 aromatic heterocycles. The second-order valence-electron chi connectivity index (χ2n) is 4.26. The molecule has 62 valence electrons. The monoisotopic (exact) mass is 152 g/mol. The molecule has 0 saturated heterocycles. The van der Waals surface area contributed by atoms with Gasteiger partial charge in [-0.1, -0.05) is 6.92 Å². The van der Waals surface area contributed by atoms with E-state index in [4.69, 9.17) is 6.42 Å². The van der Waals surface area contributed by atoms with Crippen LogP contribution in [0.2, 0.25) is 0 Å². The lowest BCUT2D eigenvalue weighted by atomic mass is 9.79. The molecule has 2 atom stereocenters. The van der Waals surface area contributed by atoms with Gasteiger partial charge in [-0.15, -0.1) is 6.42 Å². The number of nitrogens with zero attached hydrogens (tertiary/aromatic N) is 1. The summed E-state index contributed by atoms with van der Waals surface area (Å²) < 4.78 is 1.01. The van der Waals surface area contributed by atoms with Crippen molar-refractivity contribution in [3.05, 3.63) is 0 Å². The summed E-state index contributed by atoms with van der Waals surface area (Å²) in [4.78, 5) is 0. The number of rotatable bonds is 2. The Hall–Kier alpha value is -0.480. The van der Waals surface area contributed by atoms with Gasteiger partial charge in [-0.25, -0.2) is 0 Å². The van der Waals surface area contributed by atoms with Crippen LogP contribution in [-0.2, 0) is 0 Å². The zero-order valence-electron chi connectivity index (χ0n) is 7.80. The van der Waals surface area contributed by atoms with Crippen molar-refractivity contribution in [3.8, 4) is 12.3 Å². The van der Waals surface area contributed by atoms with Gasteiger partial charge in [0.15, 0.2) is 0 Å². The molecule has 0 spiro atoms. The quantitative estimate of drug-likeness (QED) is 0.415. The summed E-state index contributed by atoms with van der Waals surface area (Å²) in [6.45, 7) is 3.19. The molecule has 1 nitrogen and oxygen atoms in total. The molecule has 1 heteroatoms. The molecular weight excluding hydrogens is 134 g/mol. The van der Waals surface area contributed by atoms with E-state index in [1.807, 2.05) is 0 Å². The molecule has 1 rings (SSSR count). The van der Waals surface area contributed by atoms with Crippen molar-refractivity contribution < 1.29 is 4.48 Å². The Morgan fingerprint density at radius 2 is 2.09 bits per heavy atom. The van der Waals surface area contributed by atoms with Crippen molar-refractivity contribution in [2.45, 2.75) is 25.8 Å². The second kappa shape index (κ2) is 2.87. The third kappa shape index (κ3) is 1.57. The van der Waals surface area contributed by atoms with Crippen LogP contribution in [0.4, 0.5) is 0 Å². The van der Waals surface area contributed by atoms with Gasteiger partial charge in [0.05, 0.1) is 20.1 Å². The van der Waals surface area contributed by atoms with Crippen LogP contribution in [0.1, 0.15) is 19.8 Å². The fourth-order valence-corrected chi connectivity index (χ4v) is 2.04. The predicted octanol–water partition coefficient (Wildman–Crippen LogP) is 1.49. The minimum absolute atomic E-state index is 0.811. The van der Waals surface area contributed by atoms with Crippen molar-refractivity contribution >= 4 is 0 Å². The van der Waals surface area contributed by atoms with Gasteiger partial charge in [-0.05, 0) is 12.3 Å². The van der Waals surface area contributed by atoms with E-state index in [2.05, 4.69) is 26.9 Å². The van der Waals surface area contributed by atoms with Crippen LogP contribution in [0.5, 0.6) is 0 Å². The lowest BCUT2D eigenvalue weighted by Crippen LogP contribution is -2.56. The minimum atomic E-state index is 0.811. The molecule has 1 aliphatic carbocycles. The zero-order valence-corrected chi connectivity index (χ0v) is 7.80. The lowest BCUT2D eigenvalue weighted by molar-refractivity contribution is -0.918. The summed E-state index contributed by atoms with van der Waals surface area (Å²) in [7, 11) is 4.47. The van der Waals surface area contributed by atoms with Crippen molar-refractivity contribution in [1.29, 1.82) is 0 Å². The molecule has 1 aliphatic rings. The van der Waals surface area contributed by atoms with Crippen LogP contribution in [0.15, 0.2) is 0 Å². The van der Waals surface area contributed by atoms with Gasteiger partial charge >= 0.3 is 0 Å². The predicted molar refractivity (Wildman–Crippen MR) is 48.0 cm³/mol. The van der Waals surface area contributed by atoms with Gasteiger partial charge < -0.3 is 4.48 Å². The van der Waals surface area contributed by atoms with Gasteiger partial charge in [-0.3, -0.25) is 0 Å². The fraction of sp³-hybridized carbons (Fsp3) is 0.800. The molecule has 0 aliphatic heterocycles. The SMILES string of the molecule is C#CC[N+](C)(C)C1CC[C@@H]1C. The number of hydrogen-bond acceptors (Lipinski definition) is 0. The van der Waals surface area contributed by atoms with Crippen LogP contribution in [0, 0.1) is 18.3 Å². The first-order valence-electron chi connectivity index (χ1n) is 4.34. The number of hydrogen-bond donors (Lipinski definition) is 0. The molecule has 0 radical (unpaired) electrons. The van der Waals surface area contributed by atoms with E-state index in [-0.39, 0.29) is 0 Å². The summed E-state index contributed by atoms with van der Waals surface area (Å²) in [5.74, 6) is 3.62. The van der Waals surface area contributed by atoms with E-state index in [1.54, 1.807) is 0 Å². The van der Waals surface area contributed by atoms with Crippen LogP contribution >= 0.6 is 0 Å². The van der Waals surface area contributed by atoms with Gasteiger partial charge in [0, 0.05) is 12.3 Å². The Balaban J connectivity index is 2.51. The summed E-state index contributed by atoms with van der Waals surface area (Å²) in [6.07, 6.45) is 8.05. The molecule has 1 fully saturated rings. The zero-order chi connectivity index (χ0) is 8.48. The fourth-order valence-electron chi connectivity index (χ4n) is 2.04. The van der Waals surface area contributed by atoms with Gasteiger partial charge in [0.1, 0.15) is 6.54 Å². The van der Waals surface area contributed by atoms with E-state index in [0.717, 1.165) is 23.0 Å². The first kappa shape index (κ1) is 8.62. The Bertz CT molecular complexity index is 176. The summed E-state index contributed by atoms with van der Waals surface area (Å²) in [5, 5.41) is 0. The highest BCUT2D eigenvalue weighted by Crippen LogP contribution is 2.33. The summed E-state index contributed by atoms with van der Waals surface area (Å²) in [6, 6.07) is 0.811. The minimum Gasteiger partial charge on any atom is -0.316 e. The second-order valence-corrected chi connectivity index (χ2v) is 4.26. The van der Waals surface area contributed by atoms with E-state index in [1.165, 1.54) is 12.8 Å². The average molecular weight is 152 g/mol. The summed E-state index contributed by atoms with van der Waals surface area (Å²) >= 11 is 0. The van der Waals surface area contributed by atoms with Crippen molar-refractivity contribution in [2.75, 3.05) is 20.6 Å². The maximum absolute atomic E-state index is 5.31. The van der Waals surface area contributed by atoms with Gasteiger partial charge in [0.25, 0.3) is 0 Å². The molecule has 0 aromatic rings. The molecule has 0 N–H and O–H groups in total. The molecule has 1 saturated carbocycles. The molecule has 1 unspecified atom stereocenters. The third-order valence-corrected chi connectivity index (χ3v) is 2.97. The Morgan fingerprint density at radius 1 is 1.45 bits per heavy atom. The Labute approximate surface area is 70.0 Å². The first-order chi connectivity index (χ1) is 5.08. The number of quaternary nitrogens is 1.